The maximum atomic E-state index is 13.5. The van der Waals surface area contributed by atoms with Crippen molar-refractivity contribution in [3.63, 3.8) is 0 Å². The summed E-state index contributed by atoms with van der Waals surface area (Å²) in [6.07, 6.45) is 10.5. The topological polar surface area (TPSA) is 76.2 Å². The van der Waals surface area contributed by atoms with Crippen LogP contribution in [0.5, 0.6) is 0 Å². The van der Waals surface area contributed by atoms with Crippen molar-refractivity contribution in [2.45, 2.75) is 69.2 Å². The third-order valence-electron chi connectivity index (χ3n) is 7.86. The third-order valence-corrected chi connectivity index (χ3v) is 7.86. The van der Waals surface area contributed by atoms with E-state index in [0.717, 1.165) is 70.6 Å². The molecule has 1 saturated heterocycles. The molecule has 2 saturated carbocycles. The van der Waals surface area contributed by atoms with Gasteiger partial charge in [-0.3, -0.25) is 9.48 Å². The first-order valence-corrected chi connectivity index (χ1v) is 12.1. The summed E-state index contributed by atoms with van der Waals surface area (Å²) < 4.78 is 33.7. The summed E-state index contributed by atoms with van der Waals surface area (Å²) in [5, 5.41) is 11.3. The lowest BCUT2D eigenvalue weighted by molar-refractivity contribution is -0.121. The molecule has 2 aromatic heterocycles. The summed E-state index contributed by atoms with van der Waals surface area (Å²) in [7, 11) is 1.85. The van der Waals surface area contributed by atoms with Crippen LogP contribution in [0.4, 0.5) is 8.78 Å². The second kappa shape index (κ2) is 8.49. The zero-order valence-electron chi connectivity index (χ0n) is 19.4. The molecule has 1 N–H and O–H groups in total. The average Bonchev–Trinajstić information content (AvgIpc) is 3.18. The fourth-order valence-corrected chi connectivity index (χ4v) is 5.86. The van der Waals surface area contributed by atoms with Gasteiger partial charge in [-0.15, -0.1) is 0 Å². The maximum Gasteiger partial charge on any atom is 0.304 e. The van der Waals surface area contributed by atoms with Crippen molar-refractivity contribution in [1.29, 1.82) is 0 Å². The number of piperidine rings is 1. The predicted molar refractivity (Wildman–Crippen MR) is 118 cm³/mol. The van der Waals surface area contributed by atoms with Gasteiger partial charge in [0, 0.05) is 50.8 Å². The Kier molecular flexibility index (Phi) is 5.79. The highest BCUT2D eigenvalue weighted by atomic mass is 19.3. The van der Waals surface area contributed by atoms with Crippen LogP contribution in [-0.4, -0.2) is 51.4 Å². The minimum absolute atomic E-state index is 0.0740. The largest absolute Gasteiger partial charge is 0.355 e. The quantitative estimate of drug-likeness (QED) is 0.652. The molecule has 1 amide bonds. The molecule has 180 valence electrons. The molecule has 3 fully saturated rings. The van der Waals surface area contributed by atoms with Gasteiger partial charge in [0.25, 0.3) is 0 Å². The molecule has 0 bridgehead atoms. The minimum Gasteiger partial charge on any atom is -0.355 e. The Morgan fingerprint density at radius 3 is 2.79 bits per heavy atom. The van der Waals surface area contributed by atoms with Crippen molar-refractivity contribution in [3.05, 3.63) is 35.5 Å². The minimum atomic E-state index is -2.98. The fraction of sp³-hybridized carbons (Fsp3) is 0.708. The second-order valence-corrected chi connectivity index (χ2v) is 10.5. The van der Waals surface area contributed by atoms with E-state index in [0.29, 0.717) is 24.0 Å². The average molecular weight is 462 g/mol. The highest BCUT2D eigenvalue weighted by molar-refractivity contribution is 5.78. The van der Waals surface area contributed by atoms with Crippen molar-refractivity contribution in [2.24, 2.45) is 18.9 Å². The van der Waals surface area contributed by atoms with E-state index < -0.39 is 5.92 Å². The number of carbonyl (C=O) groups excluding carboxylic acids is 1. The second-order valence-electron chi connectivity index (χ2n) is 10.5. The van der Waals surface area contributed by atoms with Crippen LogP contribution in [0.3, 0.4) is 0 Å². The molecule has 3 aliphatic rings. The maximum absolute atomic E-state index is 13.5. The molecular weight excluding hydrogens is 428 g/mol. The Morgan fingerprint density at radius 1 is 1.33 bits per heavy atom. The summed E-state index contributed by atoms with van der Waals surface area (Å²) in [4.78, 5) is 14.8. The molecule has 0 radical (unpaired) electrons. The summed E-state index contributed by atoms with van der Waals surface area (Å²) >= 11 is 0. The van der Waals surface area contributed by atoms with E-state index in [9.17, 15) is 13.6 Å². The number of carbonyl (C=O) groups is 1. The molecule has 1 unspecified atom stereocenters. The lowest BCUT2D eigenvalue weighted by Gasteiger charge is -2.30. The highest BCUT2D eigenvalue weighted by Crippen LogP contribution is 2.59. The SMILES string of the molecule is Cn1cc(CC(=O)N[C@H]2CC[C@H](CCN3CC4C[C@]4(c4cc(C(C)(F)F)on4)C3)CC2)cn1. The Labute approximate surface area is 192 Å². The van der Waals surface area contributed by atoms with Gasteiger partial charge in [-0.25, -0.2) is 0 Å². The molecule has 2 atom stereocenters. The molecule has 33 heavy (non-hydrogen) atoms. The number of aryl methyl sites for hydroxylation is 1. The molecule has 0 spiro atoms. The molecule has 1 aliphatic heterocycles. The number of fused-ring (bicyclic) bond motifs is 1. The van der Waals surface area contributed by atoms with Crippen molar-refractivity contribution >= 4 is 5.91 Å². The van der Waals surface area contributed by atoms with E-state index in [1.807, 2.05) is 13.2 Å². The smallest absolute Gasteiger partial charge is 0.304 e. The summed E-state index contributed by atoms with van der Waals surface area (Å²) in [6, 6.07) is 1.74. The lowest BCUT2D eigenvalue weighted by atomic mass is 9.84. The van der Waals surface area contributed by atoms with Crippen LogP contribution in [0, 0.1) is 11.8 Å². The van der Waals surface area contributed by atoms with Gasteiger partial charge in [0.15, 0.2) is 0 Å². The van der Waals surface area contributed by atoms with Crippen LogP contribution in [-0.2, 0) is 29.6 Å². The molecule has 7 nitrogen and oxygen atoms in total. The molecular formula is C24H33F2N5O2. The number of hydrogen-bond donors (Lipinski definition) is 1. The van der Waals surface area contributed by atoms with E-state index >= 15 is 0 Å². The number of hydrogen-bond acceptors (Lipinski definition) is 5. The fourth-order valence-electron chi connectivity index (χ4n) is 5.86. The Balaban J connectivity index is 1.03. The zero-order chi connectivity index (χ0) is 23.2. The van der Waals surface area contributed by atoms with Gasteiger partial charge in [0.05, 0.1) is 18.3 Å². The van der Waals surface area contributed by atoms with Gasteiger partial charge in [0.2, 0.25) is 11.7 Å². The molecule has 9 heteroatoms. The first-order chi connectivity index (χ1) is 15.7. The van der Waals surface area contributed by atoms with Crippen molar-refractivity contribution in [1.82, 2.24) is 25.2 Å². The van der Waals surface area contributed by atoms with Crippen molar-refractivity contribution in [3.8, 4) is 0 Å². The number of rotatable bonds is 8. The Hall–Kier alpha value is -2.29. The van der Waals surface area contributed by atoms with E-state index in [4.69, 9.17) is 4.52 Å². The number of amides is 1. The number of aromatic nitrogens is 3. The van der Waals surface area contributed by atoms with Crippen LogP contribution >= 0.6 is 0 Å². The van der Waals surface area contributed by atoms with Gasteiger partial charge in [0.1, 0.15) is 0 Å². The van der Waals surface area contributed by atoms with Crippen LogP contribution in [0.1, 0.15) is 62.5 Å². The predicted octanol–water partition coefficient (Wildman–Crippen LogP) is 3.40. The lowest BCUT2D eigenvalue weighted by Crippen LogP contribution is -2.39. The molecule has 2 aromatic rings. The van der Waals surface area contributed by atoms with E-state index in [1.165, 1.54) is 6.07 Å². The number of halogens is 2. The first kappa shape index (κ1) is 22.5. The monoisotopic (exact) mass is 461 g/mol. The summed E-state index contributed by atoms with van der Waals surface area (Å²) in [5.41, 5.74) is 1.56. The van der Waals surface area contributed by atoms with Gasteiger partial charge < -0.3 is 14.7 Å². The Bertz CT molecular complexity index is 991. The van der Waals surface area contributed by atoms with Gasteiger partial charge >= 0.3 is 5.92 Å². The zero-order valence-corrected chi connectivity index (χ0v) is 19.4. The van der Waals surface area contributed by atoms with Crippen LogP contribution in [0.15, 0.2) is 23.0 Å². The van der Waals surface area contributed by atoms with E-state index in [-0.39, 0.29) is 23.1 Å². The molecule has 0 aromatic carbocycles. The number of nitrogens with zero attached hydrogens (tertiary/aromatic N) is 4. The van der Waals surface area contributed by atoms with E-state index in [1.54, 1.807) is 10.9 Å². The normalized spacial score (nSPS) is 29.8. The number of likely N-dealkylation sites (tertiary alicyclic amines) is 1. The van der Waals surface area contributed by atoms with Crippen LogP contribution in [0.25, 0.3) is 0 Å². The number of nitrogens with one attached hydrogen (secondary N) is 1. The number of alkyl halides is 2. The summed E-state index contributed by atoms with van der Waals surface area (Å²) in [6.45, 7) is 3.79. The van der Waals surface area contributed by atoms with Gasteiger partial charge in [-0.1, -0.05) is 5.16 Å². The van der Waals surface area contributed by atoms with Crippen molar-refractivity contribution in [2.75, 3.05) is 19.6 Å². The van der Waals surface area contributed by atoms with E-state index in [2.05, 4.69) is 20.5 Å². The van der Waals surface area contributed by atoms with Crippen molar-refractivity contribution < 1.29 is 18.1 Å². The molecule has 2 aliphatic carbocycles. The molecule has 3 heterocycles. The first-order valence-electron chi connectivity index (χ1n) is 12.1. The van der Waals surface area contributed by atoms with Crippen LogP contribution < -0.4 is 5.32 Å². The Morgan fingerprint density at radius 2 is 2.12 bits per heavy atom. The molecule has 5 rings (SSSR count). The van der Waals surface area contributed by atoms with Gasteiger partial charge in [-0.2, -0.15) is 13.9 Å². The van der Waals surface area contributed by atoms with Crippen LogP contribution in [0.2, 0.25) is 0 Å². The van der Waals surface area contributed by atoms with Gasteiger partial charge in [-0.05, 0) is 62.5 Å². The highest BCUT2D eigenvalue weighted by Gasteiger charge is 2.62. The third kappa shape index (κ3) is 4.83. The standard InChI is InChI=1S/C24H33F2N5O2/c1-23(25,26)21-10-20(29-33-21)24-11-18(24)14-31(15-24)8-7-16-3-5-19(6-4-16)28-22(32)9-17-12-27-30(2)13-17/h10,12-13,16,18-19H,3-9,11,14-15H2,1-2H3,(H,28,32)/t16-,18?,19-,24-/m0/s1. The summed E-state index contributed by atoms with van der Waals surface area (Å²) in [5.74, 6) is -2.06.